The van der Waals surface area contributed by atoms with Crippen LogP contribution in [0.1, 0.15) is 31.2 Å². The van der Waals surface area contributed by atoms with Crippen LogP contribution >= 0.6 is 15.9 Å². The summed E-state index contributed by atoms with van der Waals surface area (Å²) in [7, 11) is 0. The Morgan fingerprint density at radius 2 is 1.34 bits per heavy atom. The Hall–Kier alpha value is -4.29. The molecule has 8 N–H and O–H groups in total. The maximum absolute atomic E-state index is 13.3. The average molecular weight is 740 g/mol. The van der Waals surface area contributed by atoms with E-state index in [-0.39, 0.29) is 68.3 Å². The Labute approximate surface area is 274 Å². The van der Waals surface area contributed by atoms with Crippen molar-refractivity contribution in [3.05, 3.63) is 58.6 Å². The number of rotatable bonds is 4. The van der Waals surface area contributed by atoms with Crippen LogP contribution in [-0.4, -0.2) is 78.0 Å². The molecule has 0 unspecified atom stereocenters. The Kier molecular flexibility index (Phi) is 12.7. The highest BCUT2D eigenvalue weighted by Gasteiger charge is 2.36. The zero-order valence-electron chi connectivity index (χ0n) is 24.9. The predicted octanol–water partition coefficient (Wildman–Crippen LogP) is 4.89. The monoisotopic (exact) mass is 738 g/mol. The minimum Gasteiger partial charge on any atom is -0.406 e. The second-order valence-electron chi connectivity index (χ2n) is 10.5. The number of nitrogens with two attached hydrogens (primary N) is 4. The summed E-state index contributed by atoms with van der Waals surface area (Å²) in [5.74, 6) is -6.21. The second-order valence-corrected chi connectivity index (χ2v) is 11.4. The van der Waals surface area contributed by atoms with Crippen LogP contribution in [0.5, 0.6) is 5.75 Å². The fourth-order valence-electron chi connectivity index (χ4n) is 4.28. The molecule has 2 aliphatic heterocycles. The van der Waals surface area contributed by atoms with Gasteiger partial charge in [-0.05, 0) is 48.4 Å². The van der Waals surface area contributed by atoms with Crippen molar-refractivity contribution in [2.24, 2.45) is 42.9 Å². The SMILES string of the molecule is NC(=NCc1ccc(Br)cc1)N=C(N)N1CCC(F)(F)CC1.NC(=Nc1ccc(OC(F)(F)F)cc1)N=C(N)N1CCCC(F)(F)C1. The highest BCUT2D eigenvalue weighted by atomic mass is 79.9. The van der Waals surface area contributed by atoms with Gasteiger partial charge < -0.3 is 37.5 Å². The van der Waals surface area contributed by atoms with Crippen molar-refractivity contribution < 1.29 is 35.5 Å². The van der Waals surface area contributed by atoms with Crippen LogP contribution in [0.15, 0.2) is 73.0 Å². The predicted molar refractivity (Wildman–Crippen MR) is 169 cm³/mol. The Morgan fingerprint density at radius 1 is 0.766 bits per heavy atom. The average Bonchev–Trinajstić information content (AvgIpc) is 2.97. The van der Waals surface area contributed by atoms with E-state index in [0.29, 0.717) is 13.1 Å². The van der Waals surface area contributed by atoms with Gasteiger partial charge in [0.05, 0.1) is 18.8 Å². The van der Waals surface area contributed by atoms with Crippen molar-refractivity contribution >= 4 is 45.5 Å². The highest BCUT2D eigenvalue weighted by Crippen LogP contribution is 2.28. The van der Waals surface area contributed by atoms with Gasteiger partial charge in [-0.25, -0.2) is 27.5 Å². The molecular formula is C28H34BrF7N10O. The zero-order chi connectivity index (χ0) is 34.8. The molecule has 0 amide bonds. The second kappa shape index (κ2) is 16.0. The molecule has 0 aliphatic carbocycles. The van der Waals surface area contributed by atoms with E-state index < -0.39 is 30.5 Å². The molecule has 47 heavy (non-hydrogen) atoms. The molecule has 2 saturated heterocycles. The van der Waals surface area contributed by atoms with Gasteiger partial charge in [0.1, 0.15) is 5.75 Å². The lowest BCUT2D eigenvalue weighted by atomic mass is 10.1. The number of likely N-dealkylation sites (tertiary alicyclic amines) is 2. The molecule has 2 fully saturated rings. The third-order valence-corrected chi connectivity index (χ3v) is 7.17. The fraction of sp³-hybridized carbons (Fsp3) is 0.429. The van der Waals surface area contributed by atoms with E-state index in [1.165, 1.54) is 17.0 Å². The van der Waals surface area contributed by atoms with Gasteiger partial charge in [0.15, 0.2) is 11.9 Å². The van der Waals surface area contributed by atoms with E-state index in [9.17, 15) is 30.7 Å². The van der Waals surface area contributed by atoms with E-state index in [2.05, 4.69) is 40.6 Å². The number of alkyl halides is 7. The largest absolute Gasteiger partial charge is 0.573 e. The molecule has 0 aromatic heterocycles. The van der Waals surface area contributed by atoms with Crippen LogP contribution in [0, 0.1) is 0 Å². The first kappa shape index (κ1) is 37.2. The number of piperidine rings is 2. The summed E-state index contributed by atoms with van der Waals surface area (Å²) >= 11 is 3.35. The summed E-state index contributed by atoms with van der Waals surface area (Å²) in [4.78, 5) is 18.5. The van der Waals surface area contributed by atoms with E-state index in [4.69, 9.17) is 22.9 Å². The van der Waals surface area contributed by atoms with Gasteiger partial charge >= 0.3 is 6.36 Å². The maximum Gasteiger partial charge on any atom is 0.573 e. The number of hydrogen-bond acceptors (Lipinski definition) is 3. The maximum atomic E-state index is 13.3. The van der Waals surface area contributed by atoms with Crippen molar-refractivity contribution in [2.75, 3.05) is 26.2 Å². The summed E-state index contributed by atoms with van der Waals surface area (Å²) in [6.45, 7) is 0.486. The lowest BCUT2D eigenvalue weighted by molar-refractivity contribution is -0.274. The lowest BCUT2D eigenvalue weighted by Gasteiger charge is -2.32. The molecule has 2 aromatic rings. The van der Waals surface area contributed by atoms with Crippen molar-refractivity contribution in [2.45, 2.75) is 50.4 Å². The number of ether oxygens (including phenoxy) is 1. The molecule has 0 saturated carbocycles. The smallest absolute Gasteiger partial charge is 0.406 e. The van der Waals surface area contributed by atoms with Crippen LogP contribution in [0.4, 0.5) is 36.4 Å². The molecule has 11 nitrogen and oxygen atoms in total. The summed E-state index contributed by atoms with van der Waals surface area (Å²) < 4.78 is 93.8. The van der Waals surface area contributed by atoms with Crippen molar-refractivity contribution in [3.63, 3.8) is 0 Å². The molecule has 4 rings (SSSR count). The van der Waals surface area contributed by atoms with Crippen LogP contribution in [0.25, 0.3) is 0 Å². The molecule has 258 valence electrons. The minimum atomic E-state index is -4.79. The van der Waals surface area contributed by atoms with Crippen LogP contribution in [-0.2, 0) is 6.54 Å². The van der Waals surface area contributed by atoms with Gasteiger partial charge in [0.2, 0.25) is 11.9 Å². The first-order valence-corrected chi connectivity index (χ1v) is 14.9. The van der Waals surface area contributed by atoms with Crippen LogP contribution in [0.2, 0.25) is 0 Å². The molecule has 0 bridgehead atoms. The van der Waals surface area contributed by atoms with Gasteiger partial charge in [-0.3, -0.25) is 0 Å². The van der Waals surface area contributed by atoms with Crippen LogP contribution in [0.3, 0.4) is 0 Å². The van der Waals surface area contributed by atoms with Gasteiger partial charge in [-0.15, -0.1) is 13.2 Å². The lowest BCUT2D eigenvalue weighted by Crippen LogP contribution is -2.49. The fourth-order valence-corrected chi connectivity index (χ4v) is 4.54. The summed E-state index contributed by atoms with van der Waals surface area (Å²) in [5, 5.41) is 0. The molecule has 2 aliphatic rings. The summed E-state index contributed by atoms with van der Waals surface area (Å²) in [6, 6.07) is 12.2. The quantitative estimate of drug-likeness (QED) is 0.197. The highest BCUT2D eigenvalue weighted by molar-refractivity contribution is 9.10. The summed E-state index contributed by atoms with van der Waals surface area (Å²) in [5.41, 5.74) is 23.9. The third kappa shape index (κ3) is 13.5. The van der Waals surface area contributed by atoms with E-state index >= 15 is 0 Å². The van der Waals surface area contributed by atoms with Gasteiger partial charge in [-0.1, -0.05) is 28.1 Å². The van der Waals surface area contributed by atoms with Gasteiger partial charge in [0.25, 0.3) is 11.8 Å². The van der Waals surface area contributed by atoms with Gasteiger partial charge in [-0.2, -0.15) is 9.98 Å². The van der Waals surface area contributed by atoms with E-state index in [1.807, 2.05) is 24.3 Å². The number of hydrogen-bond donors (Lipinski definition) is 4. The number of guanidine groups is 4. The Morgan fingerprint density at radius 3 is 1.91 bits per heavy atom. The topological polar surface area (TPSA) is 169 Å². The zero-order valence-corrected chi connectivity index (χ0v) is 26.5. The molecule has 2 aromatic carbocycles. The number of aliphatic imine (C=N–C) groups is 4. The van der Waals surface area contributed by atoms with Gasteiger partial charge in [0, 0.05) is 43.4 Å². The number of nitrogens with zero attached hydrogens (tertiary/aromatic N) is 6. The molecule has 19 heteroatoms. The van der Waals surface area contributed by atoms with Crippen molar-refractivity contribution in [3.8, 4) is 5.75 Å². The first-order chi connectivity index (χ1) is 21.9. The first-order valence-electron chi connectivity index (χ1n) is 14.1. The van der Waals surface area contributed by atoms with E-state index in [1.54, 1.807) is 4.90 Å². The van der Waals surface area contributed by atoms with Crippen molar-refractivity contribution in [1.82, 2.24) is 9.80 Å². The molecule has 0 spiro atoms. The third-order valence-electron chi connectivity index (χ3n) is 6.64. The molecular weight excluding hydrogens is 705 g/mol. The normalized spacial score (nSPS) is 19.1. The molecule has 0 radical (unpaired) electrons. The van der Waals surface area contributed by atoms with Crippen molar-refractivity contribution in [1.29, 1.82) is 0 Å². The summed E-state index contributed by atoms with van der Waals surface area (Å²) in [6.07, 6.45) is -5.19. The Balaban J connectivity index is 0.000000257. The van der Waals surface area contributed by atoms with E-state index in [0.717, 1.165) is 22.2 Å². The number of halogens is 8. The molecule has 2 heterocycles. The standard InChI is InChI=1S/C14H18BrF2N5.C14H16F5N5O/c15-11-3-1-10(2-4-11)9-20-12(18)21-13(19)22-7-5-14(16,17)6-8-22;15-13(16)6-1-7-24(8-13)12(21)23-11(20)22-9-2-4-10(5-3-9)25-14(17,18)19/h1-4H,5-9H2,(H4,18,19,20,21);2-5H,1,6-8H2,(H4,20,21,22,23). The molecule has 0 atom stereocenters. The Bertz CT molecular complexity index is 1440. The number of benzene rings is 2. The minimum absolute atomic E-state index is 0.0396. The van der Waals surface area contributed by atoms with Crippen LogP contribution < -0.4 is 27.7 Å².